The van der Waals surface area contributed by atoms with E-state index in [0.29, 0.717) is 5.56 Å². The van der Waals surface area contributed by atoms with Crippen molar-refractivity contribution in [2.75, 3.05) is 13.1 Å². The Hall–Kier alpha value is -1.61. The number of benzene rings is 1. The van der Waals surface area contributed by atoms with E-state index < -0.39 is 22.1 Å². The zero-order valence-corrected chi connectivity index (χ0v) is 12.3. The molecule has 0 spiro atoms. The van der Waals surface area contributed by atoms with Crippen LogP contribution in [0.2, 0.25) is 0 Å². The number of sulfonamides is 1. The summed E-state index contributed by atoms with van der Waals surface area (Å²) >= 11 is 0. The van der Waals surface area contributed by atoms with Crippen LogP contribution < -0.4 is 5.14 Å². The molecule has 1 aliphatic rings. The summed E-state index contributed by atoms with van der Waals surface area (Å²) in [5.74, 6) is -2.10. The van der Waals surface area contributed by atoms with Crippen LogP contribution in [0, 0.1) is 0 Å². The van der Waals surface area contributed by atoms with Gasteiger partial charge in [-0.15, -0.1) is 0 Å². The number of rotatable bonds is 2. The normalized spacial score (nSPS) is 17.5. The summed E-state index contributed by atoms with van der Waals surface area (Å²) < 4.78 is 60.3. The lowest BCUT2D eigenvalue weighted by Crippen LogP contribution is -2.45. The molecule has 2 N–H and O–H groups in total. The molecule has 1 saturated heterocycles. The molecule has 5 nitrogen and oxygen atoms in total. The molecular formula is C13H15F3N2O3S. The van der Waals surface area contributed by atoms with E-state index in [1.165, 1.54) is 12.1 Å². The van der Waals surface area contributed by atoms with Gasteiger partial charge in [-0.3, -0.25) is 4.79 Å². The van der Waals surface area contributed by atoms with E-state index in [-0.39, 0.29) is 36.7 Å². The van der Waals surface area contributed by atoms with Crippen molar-refractivity contribution in [2.24, 2.45) is 5.14 Å². The SMILES string of the molecule is NS(=O)(=O)c1ccccc1C1CCN(C(=O)C(F)(F)F)CC1. The molecule has 0 aromatic heterocycles. The van der Waals surface area contributed by atoms with Gasteiger partial charge in [0.25, 0.3) is 0 Å². The second kappa shape index (κ2) is 5.88. The Balaban J connectivity index is 2.15. The Bertz CT molecular complexity index is 665. The van der Waals surface area contributed by atoms with Gasteiger partial charge in [-0.1, -0.05) is 18.2 Å². The summed E-state index contributed by atoms with van der Waals surface area (Å²) in [7, 11) is -3.90. The Labute approximate surface area is 125 Å². The van der Waals surface area contributed by atoms with Crippen molar-refractivity contribution in [2.45, 2.75) is 29.8 Å². The molecule has 0 saturated carbocycles. The van der Waals surface area contributed by atoms with Gasteiger partial charge < -0.3 is 4.90 Å². The molecule has 0 aliphatic carbocycles. The molecule has 1 aromatic rings. The van der Waals surface area contributed by atoms with Crippen LogP contribution in [0.3, 0.4) is 0 Å². The van der Waals surface area contributed by atoms with E-state index in [4.69, 9.17) is 5.14 Å². The molecule has 9 heteroatoms. The van der Waals surface area contributed by atoms with Gasteiger partial charge in [0, 0.05) is 13.1 Å². The maximum atomic E-state index is 12.4. The number of amides is 1. The fourth-order valence-electron chi connectivity index (χ4n) is 2.65. The van der Waals surface area contributed by atoms with E-state index >= 15 is 0 Å². The number of hydrogen-bond donors (Lipinski definition) is 1. The standard InChI is InChI=1S/C13H15F3N2O3S/c14-13(15,16)12(19)18-7-5-9(6-8-18)10-3-1-2-4-11(10)22(17,20)21/h1-4,9H,5-8H2,(H2,17,20,21). The highest BCUT2D eigenvalue weighted by atomic mass is 32.2. The van der Waals surface area contributed by atoms with Crippen molar-refractivity contribution in [3.63, 3.8) is 0 Å². The fourth-order valence-corrected chi connectivity index (χ4v) is 3.48. The molecule has 1 aliphatic heterocycles. The summed E-state index contributed by atoms with van der Waals surface area (Å²) in [5.41, 5.74) is 0.490. The molecule has 2 rings (SSSR count). The van der Waals surface area contributed by atoms with E-state index in [0.717, 1.165) is 4.90 Å². The molecule has 1 amide bonds. The molecule has 122 valence electrons. The summed E-state index contributed by atoms with van der Waals surface area (Å²) in [6.07, 6.45) is -4.37. The monoisotopic (exact) mass is 336 g/mol. The smallest absolute Gasteiger partial charge is 0.335 e. The minimum atomic E-state index is -4.88. The van der Waals surface area contributed by atoms with Gasteiger partial charge >= 0.3 is 12.1 Å². The number of nitrogens with zero attached hydrogens (tertiary/aromatic N) is 1. The predicted molar refractivity (Wildman–Crippen MR) is 72.4 cm³/mol. The summed E-state index contributed by atoms with van der Waals surface area (Å²) in [5, 5.41) is 5.16. The van der Waals surface area contributed by atoms with Gasteiger partial charge in [0.05, 0.1) is 4.90 Å². The first kappa shape index (κ1) is 16.8. The molecule has 1 aromatic carbocycles. The topological polar surface area (TPSA) is 80.5 Å². The summed E-state index contributed by atoms with van der Waals surface area (Å²) in [6, 6.07) is 6.16. The maximum absolute atomic E-state index is 12.4. The van der Waals surface area contributed by atoms with Crippen molar-refractivity contribution >= 4 is 15.9 Å². The highest BCUT2D eigenvalue weighted by molar-refractivity contribution is 7.89. The van der Waals surface area contributed by atoms with Crippen molar-refractivity contribution in [1.82, 2.24) is 4.90 Å². The number of likely N-dealkylation sites (tertiary alicyclic amines) is 1. The van der Waals surface area contributed by atoms with Crippen LogP contribution in [0.25, 0.3) is 0 Å². The van der Waals surface area contributed by atoms with Gasteiger partial charge in [-0.25, -0.2) is 13.6 Å². The largest absolute Gasteiger partial charge is 0.471 e. The molecule has 0 radical (unpaired) electrons. The second-order valence-electron chi connectivity index (χ2n) is 5.15. The first-order valence-electron chi connectivity index (χ1n) is 6.58. The number of carbonyl (C=O) groups is 1. The van der Waals surface area contributed by atoms with Gasteiger partial charge in [-0.05, 0) is 30.4 Å². The van der Waals surface area contributed by atoms with Crippen molar-refractivity contribution < 1.29 is 26.4 Å². The van der Waals surface area contributed by atoms with Crippen LogP contribution in [0.5, 0.6) is 0 Å². The van der Waals surface area contributed by atoms with Gasteiger partial charge in [0.15, 0.2) is 0 Å². The van der Waals surface area contributed by atoms with Gasteiger partial charge in [0.2, 0.25) is 10.0 Å². The quantitative estimate of drug-likeness (QED) is 0.891. The van der Waals surface area contributed by atoms with E-state index in [9.17, 15) is 26.4 Å². The first-order valence-corrected chi connectivity index (χ1v) is 8.13. The lowest BCUT2D eigenvalue weighted by Gasteiger charge is -2.33. The van der Waals surface area contributed by atoms with Crippen LogP contribution in [0.1, 0.15) is 24.3 Å². The zero-order valence-electron chi connectivity index (χ0n) is 11.5. The number of hydrogen-bond acceptors (Lipinski definition) is 3. The van der Waals surface area contributed by atoms with Crippen molar-refractivity contribution in [3.8, 4) is 0 Å². The predicted octanol–water partition coefficient (Wildman–Crippen LogP) is 1.60. The molecule has 22 heavy (non-hydrogen) atoms. The highest BCUT2D eigenvalue weighted by Gasteiger charge is 2.43. The minimum Gasteiger partial charge on any atom is -0.335 e. The van der Waals surface area contributed by atoms with Crippen LogP contribution in [0.15, 0.2) is 29.2 Å². The van der Waals surface area contributed by atoms with E-state index in [1.807, 2.05) is 0 Å². The van der Waals surface area contributed by atoms with E-state index in [2.05, 4.69) is 0 Å². The average Bonchev–Trinajstić information content (AvgIpc) is 2.45. The van der Waals surface area contributed by atoms with Gasteiger partial charge in [0.1, 0.15) is 0 Å². The fraction of sp³-hybridized carbons (Fsp3) is 0.462. The molecular weight excluding hydrogens is 321 g/mol. The third-order valence-electron chi connectivity index (χ3n) is 3.69. The van der Waals surface area contributed by atoms with Crippen molar-refractivity contribution in [3.05, 3.63) is 29.8 Å². The maximum Gasteiger partial charge on any atom is 0.471 e. The highest BCUT2D eigenvalue weighted by Crippen LogP contribution is 2.33. The Morgan fingerprint density at radius 3 is 2.23 bits per heavy atom. The van der Waals surface area contributed by atoms with Crippen molar-refractivity contribution in [1.29, 1.82) is 0 Å². The van der Waals surface area contributed by atoms with E-state index in [1.54, 1.807) is 12.1 Å². The third kappa shape index (κ3) is 3.58. The number of piperidine rings is 1. The lowest BCUT2D eigenvalue weighted by atomic mass is 9.89. The average molecular weight is 336 g/mol. The lowest BCUT2D eigenvalue weighted by molar-refractivity contribution is -0.186. The Morgan fingerprint density at radius 2 is 1.73 bits per heavy atom. The molecule has 1 heterocycles. The minimum absolute atomic E-state index is 0.0180. The Kier molecular flexibility index (Phi) is 4.48. The third-order valence-corrected chi connectivity index (χ3v) is 4.67. The number of primary sulfonamides is 1. The number of nitrogens with two attached hydrogens (primary N) is 1. The molecule has 1 fully saturated rings. The molecule has 0 atom stereocenters. The molecule has 0 unspecified atom stereocenters. The second-order valence-corrected chi connectivity index (χ2v) is 6.68. The number of carbonyl (C=O) groups excluding carboxylic acids is 1. The Morgan fingerprint density at radius 1 is 1.18 bits per heavy atom. The summed E-state index contributed by atoms with van der Waals surface area (Å²) in [6.45, 7) is -0.135. The molecule has 0 bridgehead atoms. The number of alkyl halides is 3. The number of halogens is 3. The van der Waals surface area contributed by atoms with Gasteiger partial charge in [-0.2, -0.15) is 13.2 Å². The van der Waals surface area contributed by atoms with Crippen LogP contribution in [-0.2, 0) is 14.8 Å². The first-order chi connectivity index (χ1) is 10.1. The summed E-state index contributed by atoms with van der Waals surface area (Å²) in [4.78, 5) is 11.9. The zero-order chi connectivity index (χ0) is 16.5. The van der Waals surface area contributed by atoms with Crippen LogP contribution in [0.4, 0.5) is 13.2 Å². The van der Waals surface area contributed by atoms with Crippen LogP contribution >= 0.6 is 0 Å². The van der Waals surface area contributed by atoms with Crippen LogP contribution in [-0.4, -0.2) is 38.5 Å².